The van der Waals surface area contributed by atoms with Crippen LogP contribution >= 0.6 is 11.6 Å². The number of primary amides is 1. The Morgan fingerprint density at radius 2 is 1.96 bits per heavy atom. The molecule has 0 saturated carbocycles. The van der Waals surface area contributed by atoms with Gasteiger partial charge in [-0.05, 0) is 30.3 Å². The number of hydrogen-bond donors (Lipinski definition) is 4. The van der Waals surface area contributed by atoms with Gasteiger partial charge in [0.1, 0.15) is 17.2 Å². The van der Waals surface area contributed by atoms with Crippen LogP contribution < -0.4 is 16.6 Å². The smallest absolute Gasteiger partial charge is 0.342 e. The molecule has 3 rings (SSSR count). The van der Waals surface area contributed by atoms with E-state index in [9.17, 15) is 14.3 Å². The lowest BCUT2D eigenvalue weighted by Crippen LogP contribution is -2.20. The number of hydrogen-bond acceptors (Lipinski definition) is 6. The minimum Gasteiger partial charge on any atom is -0.492 e. The number of nitrogens with zero attached hydrogens (tertiary/aromatic N) is 3. The molecule has 0 fully saturated rings. The summed E-state index contributed by atoms with van der Waals surface area (Å²) in [4.78, 5) is 15.3. The number of carbonyl (C=O) groups excluding carboxylic acids is 1. The Labute approximate surface area is 146 Å². The lowest BCUT2D eigenvalue weighted by atomic mass is 10.1. The SMILES string of the molecule is NC(=O)n1nc(-c2ccc(F)cc2)c(NNc2cncc(Cl)c2)c1O. The largest absolute Gasteiger partial charge is 0.492 e. The van der Waals surface area contributed by atoms with E-state index >= 15 is 0 Å². The molecule has 0 saturated heterocycles. The maximum atomic E-state index is 13.1. The first-order chi connectivity index (χ1) is 12.0. The van der Waals surface area contributed by atoms with Gasteiger partial charge in [0.05, 0.1) is 16.9 Å². The number of hydrazine groups is 1. The molecule has 10 heteroatoms. The second-order valence-corrected chi connectivity index (χ2v) is 5.38. The summed E-state index contributed by atoms with van der Waals surface area (Å²) in [6.45, 7) is 0. The average Bonchev–Trinajstić information content (AvgIpc) is 2.91. The highest BCUT2D eigenvalue weighted by molar-refractivity contribution is 6.30. The number of halogens is 2. The molecule has 128 valence electrons. The average molecular weight is 363 g/mol. The first-order valence-corrected chi connectivity index (χ1v) is 7.34. The van der Waals surface area contributed by atoms with E-state index in [0.717, 1.165) is 0 Å². The van der Waals surface area contributed by atoms with Crippen LogP contribution in [-0.4, -0.2) is 25.9 Å². The Morgan fingerprint density at radius 1 is 1.24 bits per heavy atom. The highest BCUT2D eigenvalue weighted by atomic mass is 35.5. The Hall–Kier alpha value is -3.33. The Kier molecular flexibility index (Phi) is 4.40. The number of pyridine rings is 1. The van der Waals surface area contributed by atoms with Crippen LogP contribution in [0.1, 0.15) is 0 Å². The molecular weight excluding hydrogens is 351 g/mol. The number of carbonyl (C=O) groups is 1. The van der Waals surface area contributed by atoms with Crippen LogP contribution in [0.3, 0.4) is 0 Å². The molecule has 1 aromatic carbocycles. The highest BCUT2D eigenvalue weighted by Crippen LogP contribution is 2.35. The standard InChI is InChI=1S/C15H12ClFN6O2/c16-9-5-11(7-19-6-9)20-21-13-12(8-1-3-10(17)4-2-8)22-23(14(13)24)15(18)25/h1-7,20-21,24H,(H2,18,25). The lowest BCUT2D eigenvalue weighted by Gasteiger charge is -2.10. The van der Waals surface area contributed by atoms with Gasteiger partial charge < -0.3 is 10.8 Å². The molecule has 2 aromatic heterocycles. The van der Waals surface area contributed by atoms with E-state index < -0.39 is 17.7 Å². The first kappa shape index (κ1) is 16.5. The zero-order chi connectivity index (χ0) is 18.0. The molecule has 0 radical (unpaired) electrons. The van der Waals surface area contributed by atoms with Gasteiger partial charge in [0.15, 0.2) is 0 Å². The Bertz CT molecular complexity index is 928. The van der Waals surface area contributed by atoms with Gasteiger partial charge in [-0.3, -0.25) is 15.8 Å². The van der Waals surface area contributed by atoms with Gasteiger partial charge in [0.2, 0.25) is 5.88 Å². The molecule has 25 heavy (non-hydrogen) atoms. The van der Waals surface area contributed by atoms with Crippen LogP contribution in [0.2, 0.25) is 5.02 Å². The minimum absolute atomic E-state index is 0.0744. The van der Waals surface area contributed by atoms with Gasteiger partial charge in [-0.2, -0.15) is 5.10 Å². The van der Waals surface area contributed by atoms with E-state index in [2.05, 4.69) is 20.9 Å². The fourth-order valence-corrected chi connectivity index (χ4v) is 2.28. The summed E-state index contributed by atoms with van der Waals surface area (Å²) in [5, 5.41) is 14.6. The zero-order valence-electron chi connectivity index (χ0n) is 12.6. The number of benzene rings is 1. The van der Waals surface area contributed by atoms with Crippen molar-refractivity contribution in [2.24, 2.45) is 5.73 Å². The number of anilines is 2. The van der Waals surface area contributed by atoms with Gasteiger partial charge in [-0.25, -0.2) is 9.18 Å². The zero-order valence-corrected chi connectivity index (χ0v) is 13.3. The molecule has 8 nitrogen and oxygen atoms in total. The maximum absolute atomic E-state index is 13.1. The summed E-state index contributed by atoms with van der Waals surface area (Å²) in [6, 6.07) is 5.98. The number of rotatable bonds is 4. The van der Waals surface area contributed by atoms with Crippen LogP contribution in [0.25, 0.3) is 11.3 Å². The second-order valence-electron chi connectivity index (χ2n) is 4.95. The number of nitrogens with two attached hydrogens (primary N) is 1. The quantitative estimate of drug-likeness (QED) is 0.530. The predicted molar refractivity (Wildman–Crippen MR) is 90.8 cm³/mol. The van der Waals surface area contributed by atoms with Crippen molar-refractivity contribution in [2.45, 2.75) is 0 Å². The van der Waals surface area contributed by atoms with Gasteiger partial charge in [-0.15, -0.1) is 4.68 Å². The molecular formula is C15H12ClFN6O2. The summed E-state index contributed by atoms with van der Waals surface area (Å²) < 4.78 is 13.8. The van der Waals surface area contributed by atoms with Crippen molar-refractivity contribution in [1.29, 1.82) is 0 Å². The number of nitrogens with one attached hydrogen (secondary N) is 2. The summed E-state index contributed by atoms with van der Waals surface area (Å²) >= 11 is 5.85. The summed E-state index contributed by atoms with van der Waals surface area (Å²) in [5.74, 6) is -0.936. The summed E-state index contributed by atoms with van der Waals surface area (Å²) in [7, 11) is 0. The van der Waals surface area contributed by atoms with Crippen LogP contribution in [0.5, 0.6) is 5.88 Å². The fourth-order valence-electron chi connectivity index (χ4n) is 2.10. The van der Waals surface area contributed by atoms with Crippen molar-refractivity contribution in [2.75, 3.05) is 10.9 Å². The van der Waals surface area contributed by atoms with E-state index in [1.165, 1.54) is 36.7 Å². The molecule has 2 heterocycles. The Morgan fingerprint density at radius 3 is 2.60 bits per heavy atom. The van der Waals surface area contributed by atoms with Crippen LogP contribution in [-0.2, 0) is 0 Å². The summed E-state index contributed by atoms with van der Waals surface area (Å²) in [5.41, 5.74) is 11.9. The van der Waals surface area contributed by atoms with Gasteiger partial charge >= 0.3 is 6.03 Å². The molecule has 0 spiro atoms. The number of aromatic hydroxyl groups is 1. The Balaban J connectivity index is 1.98. The molecule has 3 aromatic rings. The minimum atomic E-state index is -0.974. The van der Waals surface area contributed by atoms with E-state index in [4.69, 9.17) is 17.3 Å². The molecule has 0 unspecified atom stereocenters. The molecule has 5 N–H and O–H groups in total. The van der Waals surface area contributed by atoms with Crippen molar-refractivity contribution in [1.82, 2.24) is 14.8 Å². The second kappa shape index (κ2) is 6.65. The van der Waals surface area contributed by atoms with E-state index in [1.807, 2.05) is 0 Å². The van der Waals surface area contributed by atoms with E-state index in [-0.39, 0.29) is 11.4 Å². The number of aromatic nitrogens is 3. The van der Waals surface area contributed by atoms with Crippen LogP contribution in [0.4, 0.5) is 20.6 Å². The van der Waals surface area contributed by atoms with Gasteiger partial charge in [0.25, 0.3) is 0 Å². The molecule has 0 atom stereocenters. The van der Waals surface area contributed by atoms with Crippen molar-refractivity contribution >= 4 is 29.0 Å². The van der Waals surface area contributed by atoms with Gasteiger partial charge in [0, 0.05) is 11.8 Å². The maximum Gasteiger partial charge on any atom is 0.342 e. The molecule has 1 amide bonds. The number of amides is 1. The first-order valence-electron chi connectivity index (χ1n) is 6.96. The lowest BCUT2D eigenvalue weighted by molar-refractivity contribution is 0.244. The monoisotopic (exact) mass is 362 g/mol. The summed E-state index contributed by atoms with van der Waals surface area (Å²) in [6.07, 6.45) is 2.95. The molecule has 0 aliphatic heterocycles. The topological polar surface area (TPSA) is 118 Å². The van der Waals surface area contributed by atoms with Crippen LogP contribution in [0, 0.1) is 5.82 Å². The fraction of sp³-hybridized carbons (Fsp3) is 0. The predicted octanol–water partition coefficient (Wildman–Crippen LogP) is 2.81. The van der Waals surface area contributed by atoms with E-state index in [1.54, 1.807) is 6.07 Å². The van der Waals surface area contributed by atoms with Crippen molar-refractivity contribution < 1.29 is 14.3 Å². The molecule has 0 bridgehead atoms. The third kappa shape index (κ3) is 3.45. The van der Waals surface area contributed by atoms with Crippen LogP contribution in [0.15, 0.2) is 42.7 Å². The van der Waals surface area contributed by atoms with Gasteiger partial charge in [-0.1, -0.05) is 11.6 Å². The highest BCUT2D eigenvalue weighted by Gasteiger charge is 2.21. The van der Waals surface area contributed by atoms with E-state index in [0.29, 0.717) is 21.0 Å². The van der Waals surface area contributed by atoms with Crippen molar-refractivity contribution in [3.05, 3.63) is 53.6 Å². The third-order valence-electron chi connectivity index (χ3n) is 3.22. The molecule has 0 aliphatic carbocycles. The normalized spacial score (nSPS) is 10.5. The third-order valence-corrected chi connectivity index (χ3v) is 3.43. The van der Waals surface area contributed by atoms with Crippen molar-refractivity contribution in [3.63, 3.8) is 0 Å². The molecule has 0 aliphatic rings. The van der Waals surface area contributed by atoms with Crippen molar-refractivity contribution in [3.8, 4) is 17.1 Å².